The molecule has 1 atom stereocenters. The third kappa shape index (κ3) is 3.23. The lowest BCUT2D eigenvalue weighted by molar-refractivity contribution is 0.0922. The first kappa shape index (κ1) is 18.5. The van der Waals surface area contributed by atoms with Crippen LogP contribution in [-0.4, -0.2) is 25.5 Å². The highest BCUT2D eigenvalue weighted by Crippen LogP contribution is 2.31. The van der Waals surface area contributed by atoms with Crippen LogP contribution in [0.2, 0.25) is 0 Å². The number of hydrogen-bond acceptors (Lipinski definition) is 3. The molecule has 0 saturated carbocycles. The van der Waals surface area contributed by atoms with Crippen molar-refractivity contribution >= 4 is 5.91 Å². The Morgan fingerprint density at radius 3 is 2.79 bits per heavy atom. The first-order chi connectivity index (χ1) is 13.5. The number of aryl methyl sites for hydroxylation is 4. The highest BCUT2D eigenvalue weighted by molar-refractivity contribution is 5.93. The van der Waals surface area contributed by atoms with E-state index in [9.17, 15) is 4.79 Å². The van der Waals surface area contributed by atoms with Crippen molar-refractivity contribution in [2.75, 3.05) is 0 Å². The predicted molar refractivity (Wildman–Crippen MR) is 109 cm³/mol. The van der Waals surface area contributed by atoms with E-state index >= 15 is 0 Å². The molecule has 0 saturated heterocycles. The van der Waals surface area contributed by atoms with Crippen LogP contribution in [0.25, 0.3) is 5.69 Å². The van der Waals surface area contributed by atoms with Gasteiger partial charge < -0.3 is 5.32 Å². The molecule has 2 aromatic heterocycles. The van der Waals surface area contributed by atoms with Crippen molar-refractivity contribution in [3.05, 3.63) is 64.2 Å². The largest absolute Gasteiger partial charge is 0.344 e. The molecule has 0 fully saturated rings. The third-order valence-electron chi connectivity index (χ3n) is 5.66. The van der Waals surface area contributed by atoms with Crippen molar-refractivity contribution in [3.63, 3.8) is 0 Å². The fourth-order valence-electron chi connectivity index (χ4n) is 3.99. The second kappa shape index (κ2) is 7.26. The summed E-state index contributed by atoms with van der Waals surface area (Å²) in [6.07, 6.45) is 4.84. The van der Waals surface area contributed by atoms with Crippen LogP contribution in [-0.2, 0) is 13.0 Å². The summed E-state index contributed by atoms with van der Waals surface area (Å²) in [5.41, 5.74) is 7.41. The quantitative estimate of drug-likeness (QED) is 0.752. The minimum Gasteiger partial charge on any atom is -0.344 e. The van der Waals surface area contributed by atoms with Gasteiger partial charge in [0.2, 0.25) is 0 Å². The van der Waals surface area contributed by atoms with E-state index in [1.807, 2.05) is 30.8 Å². The summed E-state index contributed by atoms with van der Waals surface area (Å²) in [6, 6.07) is 8.25. The first-order valence-corrected chi connectivity index (χ1v) is 9.97. The van der Waals surface area contributed by atoms with Gasteiger partial charge in [-0.2, -0.15) is 10.2 Å². The second-order valence-corrected chi connectivity index (χ2v) is 7.63. The second-order valence-electron chi connectivity index (χ2n) is 7.63. The molecule has 6 heteroatoms. The van der Waals surface area contributed by atoms with E-state index in [1.54, 1.807) is 4.68 Å². The minimum atomic E-state index is -0.0702. The van der Waals surface area contributed by atoms with E-state index in [0.717, 1.165) is 36.2 Å². The van der Waals surface area contributed by atoms with Gasteiger partial charge in [-0.3, -0.25) is 9.48 Å². The number of carbonyl (C=O) groups excluding carboxylic acids is 1. The number of benzene rings is 1. The molecule has 1 aromatic carbocycles. The zero-order valence-corrected chi connectivity index (χ0v) is 17.0. The number of hydrogen-bond donors (Lipinski definition) is 1. The van der Waals surface area contributed by atoms with Gasteiger partial charge in [0.1, 0.15) is 5.69 Å². The standard InChI is InChI=1S/C22H27N5O/c1-5-26-21(12-16(4)25-26)22(28)24-19-7-6-8-20-18(19)13-23-27(20)17-10-9-14(2)15(3)11-17/h9-13,19H,5-8H2,1-4H3,(H,24,28)/t19-/m0/s1. The molecule has 0 spiro atoms. The summed E-state index contributed by atoms with van der Waals surface area (Å²) in [5, 5.41) is 12.3. The average Bonchev–Trinajstić information content (AvgIpc) is 3.28. The molecule has 146 valence electrons. The van der Waals surface area contributed by atoms with Crippen molar-refractivity contribution in [2.24, 2.45) is 0 Å². The van der Waals surface area contributed by atoms with Crippen LogP contribution in [0.1, 0.15) is 64.4 Å². The zero-order valence-electron chi connectivity index (χ0n) is 17.0. The van der Waals surface area contributed by atoms with E-state index in [4.69, 9.17) is 0 Å². The lowest BCUT2D eigenvalue weighted by atomic mass is 9.92. The van der Waals surface area contributed by atoms with Gasteiger partial charge in [-0.1, -0.05) is 6.07 Å². The fourth-order valence-corrected chi connectivity index (χ4v) is 3.99. The number of nitrogens with one attached hydrogen (secondary N) is 1. The Morgan fingerprint density at radius 1 is 1.21 bits per heavy atom. The number of aromatic nitrogens is 4. The number of amides is 1. The summed E-state index contributed by atoms with van der Waals surface area (Å²) < 4.78 is 3.79. The Morgan fingerprint density at radius 2 is 2.04 bits per heavy atom. The van der Waals surface area contributed by atoms with Crippen molar-refractivity contribution in [1.82, 2.24) is 24.9 Å². The van der Waals surface area contributed by atoms with Crippen LogP contribution in [0.4, 0.5) is 0 Å². The molecule has 0 bridgehead atoms. The summed E-state index contributed by atoms with van der Waals surface area (Å²) in [5.74, 6) is -0.0702. The maximum absolute atomic E-state index is 12.9. The monoisotopic (exact) mass is 377 g/mol. The molecule has 3 aromatic rings. The van der Waals surface area contributed by atoms with Crippen molar-refractivity contribution in [2.45, 2.75) is 59.5 Å². The maximum atomic E-state index is 12.9. The van der Waals surface area contributed by atoms with Gasteiger partial charge in [-0.25, -0.2) is 4.68 Å². The Labute approximate surface area is 165 Å². The Hall–Kier alpha value is -2.89. The van der Waals surface area contributed by atoms with Gasteiger partial charge in [0, 0.05) is 17.8 Å². The van der Waals surface area contributed by atoms with E-state index in [1.165, 1.54) is 16.8 Å². The molecule has 6 nitrogen and oxygen atoms in total. The average molecular weight is 377 g/mol. The molecule has 28 heavy (non-hydrogen) atoms. The summed E-state index contributed by atoms with van der Waals surface area (Å²) >= 11 is 0. The van der Waals surface area contributed by atoms with Gasteiger partial charge in [0.05, 0.1) is 23.6 Å². The highest BCUT2D eigenvalue weighted by atomic mass is 16.2. The van der Waals surface area contributed by atoms with Gasteiger partial charge in [-0.15, -0.1) is 0 Å². The van der Waals surface area contributed by atoms with Gasteiger partial charge in [-0.05, 0) is 76.3 Å². The van der Waals surface area contributed by atoms with Gasteiger partial charge in [0.15, 0.2) is 0 Å². The van der Waals surface area contributed by atoms with E-state index in [-0.39, 0.29) is 11.9 Å². The van der Waals surface area contributed by atoms with Crippen LogP contribution in [0, 0.1) is 20.8 Å². The molecule has 0 aliphatic heterocycles. The zero-order chi connectivity index (χ0) is 19.8. The van der Waals surface area contributed by atoms with Gasteiger partial charge >= 0.3 is 0 Å². The van der Waals surface area contributed by atoms with Crippen LogP contribution in [0.15, 0.2) is 30.5 Å². The lowest BCUT2D eigenvalue weighted by Crippen LogP contribution is -2.32. The normalized spacial score (nSPS) is 16.1. The molecule has 1 aliphatic rings. The predicted octanol–water partition coefficient (Wildman–Crippen LogP) is 3.82. The highest BCUT2D eigenvalue weighted by Gasteiger charge is 2.27. The number of carbonyl (C=O) groups is 1. The van der Waals surface area contributed by atoms with E-state index in [2.05, 4.69) is 47.6 Å². The minimum absolute atomic E-state index is 0.0166. The molecule has 0 radical (unpaired) electrons. The molecule has 2 heterocycles. The molecular formula is C22H27N5O. The summed E-state index contributed by atoms with van der Waals surface area (Å²) in [7, 11) is 0. The third-order valence-corrected chi connectivity index (χ3v) is 5.66. The SMILES string of the molecule is CCn1nc(C)cc1C(=O)N[C@H]1CCCc2c1cnn2-c1ccc(C)c(C)c1. The summed E-state index contributed by atoms with van der Waals surface area (Å²) in [6.45, 7) is 8.82. The van der Waals surface area contributed by atoms with Gasteiger partial charge in [0.25, 0.3) is 5.91 Å². The fraction of sp³-hybridized carbons (Fsp3) is 0.409. The molecule has 1 aliphatic carbocycles. The Bertz CT molecular complexity index is 1030. The molecule has 0 unspecified atom stereocenters. The molecule has 4 rings (SSSR count). The van der Waals surface area contributed by atoms with Crippen LogP contribution in [0.3, 0.4) is 0 Å². The van der Waals surface area contributed by atoms with Crippen molar-refractivity contribution in [3.8, 4) is 5.69 Å². The lowest BCUT2D eigenvalue weighted by Gasteiger charge is -2.24. The van der Waals surface area contributed by atoms with Crippen LogP contribution in [0.5, 0.6) is 0 Å². The van der Waals surface area contributed by atoms with Crippen molar-refractivity contribution < 1.29 is 4.79 Å². The van der Waals surface area contributed by atoms with E-state index in [0.29, 0.717) is 12.2 Å². The van der Waals surface area contributed by atoms with E-state index < -0.39 is 0 Å². The van der Waals surface area contributed by atoms with Crippen LogP contribution < -0.4 is 5.32 Å². The molecule has 1 amide bonds. The molecular weight excluding hydrogens is 350 g/mol. The first-order valence-electron chi connectivity index (χ1n) is 9.97. The maximum Gasteiger partial charge on any atom is 0.270 e. The number of fused-ring (bicyclic) bond motifs is 1. The van der Waals surface area contributed by atoms with Crippen molar-refractivity contribution in [1.29, 1.82) is 0 Å². The Kier molecular flexibility index (Phi) is 4.79. The molecule has 1 N–H and O–H groups in total. The summed E-state index contributed by atoms with van der Waals surface area (Å²) in [4.78, 5) is 12.9. The Balaban J connectivity index is 1.62. The number of nitrogens with zero attached hydrogens (tertiary/aromatic N) is 4. The van der Waals surface area contributed by atoms with Crippen LogP contribution >= 0.6 is 0 Å². The number of rotatable bonds is 4. The smallest absolute Gasteiger partial charge is 0.270 e. The topological polar surface area (TPSA) is 64.7 Å².